The van der Waals surface area contributed by atoms with Crippen LogP contribution in [0.1, 0.15) is 27.9 Å². The van der Waals surface area contributed by atoms with Crippen molar-refractivity contribution in [1.29, 1.82) is 0 Å². The smallest absolute Gasteiger partial charge is 0.206 e. The van der Waals surface area contributed by atoms with Crippen LogP contribution in [0, 0.1) is 40.4 Å². The van der Waals surface area contributed by atoms with Crippen LogP contribution in [-0.4, -0.2) is 0 Å². The van der Waals surface area contributed by atoms with Crippen LogP contribution in [-0.2, 0) is 7.05 Å². The Kier molecular flexibility index (Phi) is 3.71. The number of hydrogen-bond acceptors (Lipinski definition) is 0. The van der Waals surface area contributed by atoms with E-state index in [1.165, 1.54) is 22.0 Å². The van der Waals surface area contributed by atoms with Gasteiger partial charge in [-0.25, -0.2) is 4.39 Å². The van der Waals surface area contributed by atoms with Crippen LogP contribution in [0.4, 0.5) is 4.39 Å². The number of halogens is 1. The van der Waals surface area contributed by atoms with Crippen LogP contribution < -0.4 is 4.57 Å². The van der Waals surface area contributed by atoms with Crippen molar-refractivity contribution in [3.05, 3.63) is 64.1 Å². The van der Waals surface area contributed by atoms with Gasteiger partial charge in [0, 0.05) is 13.0 Å². The summed E-state index contributed by atoms with van der Waals surface area (Å²) in [5.74, 6) is -0.0956. The van der Waals surface area contributed by atoms with Crippen LogP contribution in [0.3, 0.4) is 0 Å². The lowest BCUT2D eigenvalue weighted by Crippen LogP contribution is -2.35. The first-order valence-electron chi connectivity index (χ1n) is 7.98. The molecule has 0 aliphatic heterocycles. The maximum atomic E-state index is 14.2. The van der Waals surface area contributed by atoms with Crippen LogP contribution in [0.2, 0.25) is 0 Å². The summed E-state index contributed by atoms with van der Waals surface area (Å²) in [5, 5.41) is 2.44. The summed E-state index contributed by atoms with van der Waals surface area (Å²) >= 11 is 0. The summed E-state index contributed by atoms with van der Waals surface area (Å²) < 4.78 is 16.4. The van der Waals surface area contributed by atoms with E-state index in [4.69, 9.17) is 0 Å². The molecule has 0 unspecified atom stereocenters. The van der Waals surface area contributed by atoms with Crippen LogP contribution >= 0.6 is 0 Å². The molecule has 2 aromatic carbocycles. The Labute approximate surface area is 137 Å². The van der Waals surface area contributed by atoms with Crippen molar-refractivity contribution >= 4 is 10.8 Å². The second-order valence-electron chi connectivity index (χ2n) is 6.59. The number of benzene rings is 2. The SMILES string of the molecule is Cc1ccc2c(-c3cc(C)c(F)c(C)c3C)[n+](C)c(C)cc2c1. The zero-order valence-electron chi connectivity index (χ0n) is 14.7. The van der Waals surface area contributed by atoms with E-state index in [0.29, 0.717) is 5.56 Å². The van der Waals surface area contributed by atoms with Gasteiger partial charge in [0.2, 0.25) is 5.69 Å². The molecule has 0 saturated heterocycles. The van der Waals surface area contributed by atoms with Crippen molar-refractivity contribution in [2.24, 2.45) is 7.05 Å². The summed E-state index contributed by atoms with van der Waals surface area (Å²) in [4.78, 5) is 0. The topological polar surface area (TPSA) is 3.88 Å². The fourth-order valence-electron chi connectivity index (χ4n) is 3.32. The van der Waals surface area contributed by atoms with E-state index in [1.807, 2.05) is 26.8 Å². The lowest BCUT2D eigenvalue weighted by atomic mass is 9.93. The molecule has 0 amide bonds. The maximum absolute atomic E-state index is 14.2. The summed E-state index contributed by atoms with van der Waals surface area (Å²) in [6, 6.07) is 10.7. The molecule has 0 aliphatic rings. The minimum atomic E-state index is -0.0956. The second-order valence-corrected chi connectivity index (χ2v) is 6.59. The predicted molar refractivity (Wildman–Crippen MR) is 94.2 cm³/mol. The van der Waals surface area contributed by atoms with Gasteiger partial charge in [0.05, 0.1) is 10.9 Å². The van der Waals surface area contributed by atoms with Gasteiger partial charge in [0.25, 0.3) is 0 Å². The van der Waals surface area contributed by atoms with Crippen molar-refractivity contribution in [1.82, 2.24) is 0 Å². The van der Waals surface area contributed by atoms with Gasteiger partial charge in [-0.1, -0.05) is 17.7 Å². The van der Waals surface area contributed by atoms with E-state index in [1.54, 1.807) is 0 Å². The highest BCUT2D eigenvalue weighted by Crippen LogP contribution is 2.32. The zero-order chi connectivity index (χ0) is 16.9. The Balaban J connectivity index is 2.48. The maximum Gasteiger partial charge on any atom is 0.220 e. The lowest BCUT2D eigenvalue weighted by molar-refractivity contribution is -0.665. The molecule has 0 saturated carbocycles. The Morgan fingerprint density at radius 3 is 2.26 bits per heavy atom. The first kappa shape index (κ1) is 15.7. The van der Waals surface area contributed by atoms with E-state index >= 15 is 0 Å². The number of hydrogen-bond donors (Lipinski definition) is 0. The lowest BCUT2D eigenvalue weighted by Gasteiger charge is -2.14. The number of aryl methyl sites for hydroxylation is 3. The Bertz CT molecular complexity index is 939. The molecule has 1 nitrogen and oxygen atoms in total. The van der Waals surface area contributed by atoms with Gasteiger partial charge < -0.3 is 0 Å². The van der Waals surface area contributed by atoms with E-state index in [2.05, 4.69) is 49.7 Å². The van der Waals surface area contributed by atoms with Crippen molar-refractivity contribution < 1.29 is 8.96 Å². The number of aromatic nitrogens is 1. The van der Waals surface area contributed by atoms with Crippen molar-refractivity contribution in [3.8, 4) is 11.3 Å². The standard InChI is InChI=1S/C21H23FN/c1-12-7-8-18-17(9-12)11-14(3)23(6)21(18)19-10-13(2)20(22)16(5)15(19)4/h7-11H,1-6H3/q+1. The third kappa shape index (κ3) is 2.42. The first-order chi connectivity index (χ1) is 10.8. The third-order valence-corrected chi connectivity index (χ3v) is 4.95. The molecule has 118 valence electrons. The molecule has 2 heteroatoms. The number of pyridine rings is 1. The highest BCUT2D eigenvalue weighted by atomic mass is 19.1. The molecule has 1 heterocycles. The van der Waals surface area contributed by atoms with E-state index < -0.39 is 0 Å². The molecule has 0 bridgehead atoms. The molecular weight excluding hydrogens is 285 g/mol. The molecule has 0 radical (unpaired) electrons. The number of fused-ring (bicyclic) bond motifs is 1. The summed E-state index contributed by atoms with van der Waals surface area (Å²) in [6.45, 7) is 9.94. The van der Waals surface area contributed by atoms with Gasteiger partial charge in [-0.15, -0.1) is 0 Å². The number of nitrogens with zero attached hydrogens (tertiary/aromatic N) is 1. The fraction of sp³-hybridized carbons (Fsp3) is 0.286. The Morgan fingerprint density at radius 2 is 1.57 bits per heavy atom. The van der Waals surface area contributed by atoms with Crippen molar-refractivity contribution in [3.63, 3.8) is 0 Å². The summed E-state index contributed by atoms with van der Waals surface area (Å²) in [7, 11) is 2.08. The molecule has 23 heavy (non-hydrogen) atoms. The minimum Gasteiger partial charge on any atom is -0.206 e. The Hall–Kier alpha value is -2.22. The number of rotatable bonds is 1. The van der Waals surface area contributed by atoms with E-state index in [9.17, 15) is 4.39 Å². The van der Waals surface area contributed by atoms with E-state index in [-0.39, 0.29) is 5.82 Å². The van der Waals surface area contributed by atoms with Gasteiger partial charge in [0.1, 0.15) is 12.9 Å². The van der Waals surface area contributed by atoms with Gasteiger partial charge in [-0.05, 0) is 61.9 Å². The normalized spacial score (nSPS) is 11.3. The largest absolute Gasteiger partial charge is 0.220 e. The van der Waals surface area contributed by atoms with Gasteiger partial charge in [-0.3, -0.25) is 0 Å². The molecule has 0 N–H and O–H groups in total. The molecule has 0 fully saturated rings. The van der Waals surface area contributed by atoms with Crippen LogP contribution in [0.15, 0.2) is 30.3 Å². The van der Waals surface area contributed by atoms with Crippen molar-refractivity contribution in [2.75, 3.05) is 0 Å². The van der Waals surface area contributed by atoms with Gasteiger partial charge >= 0.3 is 0 Å². The van der Waals surface area contributed by atoms with Gasteiger partial charge in [-0.2, -0.15) is 4.57 Å². The zero-order valence-corrected chi connectivity index (χ0v) is 14.7. The second kappa shape index (κ2) is 5.45. The third-order valence-electron chi connectivity index (χ3n) is 4.95. The predicted octanol–water partition coefficient (Wildman–Crippen LogP) is 5.01. The first-order valence-corrected chi connectivity index (χ1v) is 7.98. The Morgan fingerprint density at radius 1 is 0.870 bits per heavy atom. The molecular formula is C21H23FN+. The molecule has 1 aromatic heterocycles. The summed E-state index contributed by atoms with van der Waals surface area (Å²) in [6.07, 6.45) is 0. The monoisotopic (exact) mass is 308 g/mol. The van der Waals surface area contributed by atoms with Gasteiger partial charge in [0.15, 0.2) is 5.69 Å². The highest BCUT2D eigenvalue weighted by Gasteiger charge is 2.22. The molecule has 0 aliphatic carbocycles. The quantitative estimate of drug-likeness (QED) is 0.556. The molecule has 0 atom stereocenters. The average Bonchev–Trinajstić information content (AvgIpc) is 2.51. The molecule has 0 spiro atoms. The molecule has 3 aromatic rings. The molecule has 3 rings (SSSR count). The highest BCUT2D eigenvalue weighted by molar-refractivity contribution is 5.94. The van der Waals surface area contributed by atoms with E-state index in [0.717, 1.165) is 22.4 Å². The fourth-order valence-corrected chi connectivity index (χ4v) is 3.32. The minimum absolute atomic E-state index is 0.0956. The summed E-state index contributed by atoms with van der Waals surface area (Å²) in [5.41, 5.74) is 7.16. The average molecular weight is 308 g/mol. The van der Waals surface area contributed by atoms with Crippen molar-refractivity contribution in [2.45, 2.75) is 34.6 Å². The van der Waals surface area contributed by atoms with Crippen LogP contribution in [0.5, 0.6) is 0 Å². The van der Waals surface area contributed by atoms with Crippen LogP contribution in [0.25, 0.3) is 22.0 Å².